The van der Waals surface area contributed by atoms with Crippen molar-refractivity contribution in [2.75, 3.05) is 7.11 Å². The molecule has 3 nitrogen and oxygen atoms in total. The molecule has 0 fully saturated rings. The second-order valence-corrected chi connectivity index (χ2v) is 4.74. The number of esters is 1. The summed E-state index contributed by atoms with van der Waals surface area (Å²) >= 11 is 1.58. The van der Waals surface area contributed by atoms with E-state index in [0.29, 0.717) is 0 Å². The minimum Gasteiger partial charge on any atom is -0.468 e. The number of furan rings is 1. The largest absolute Gasteiger partial charge is 0.468 e. The van der Waals surface area contributed by atoms with Crippen molar-refractivity contribution < 1.29 is 13.9 Å². The fraction of sp³-hybridized carbons (Fsp3) is 0.583. The predicted molar refractivity (Wildman–Crippen MR) is 65.3 cm³/mol. The molecule has 1 aromatic heterocycles. The van der Waals surface area contributed by atoms with Gasteiger partial charge in [0.25, 0.3) is 0 Å². The van der Waals surface area contributed by atoms with Gasteiger partial charge in [-0.05, 0) is 18.6 Å². The molecule has 0 aromatic carbocycles. The van der Waals surface area contributed by atoms with E-state index in [0.717, 1.165) is 30.8 Å². The molecule has 0 saturated heterocycles. The van der Waals surface area contributed by atoms with E-state index in [9.17, 15) is 4.79 Å². The van der Waals surface area contributed by atoms with E-state index >= 15 is 0 Å². The maximum absolute atomic E-state index is 11.5. The van der Waals surface area contributed by atoms with Gasteiger partial charge in [0, 0.05) is 0 Å². The van der Waals surface area contributed by atoms with E-state index in [1.54, 1.807) is 18.0 Å². The molecule has 1 rings (SSSR count). The van der Waals surface area contributed by atoms with Gasteiger partial charge in [-0.3, -0.25) is 4.79 Å². The van der Waals surface area contributed by atoms with Gasteiger partial charge in [0.05, 0.1) is 19.1 Å². The molecule has 1 atom stereocenters. The molecular formula is C12H18O3S. The van der Waals surface area contributed by atoms with Gasteiger partial charge in [-0.25, -0.2) is 0 Å². The summed E-state index contributed by atoms with van der Waals surface area (Å²) in [7, 11) is 1.44. The standard InChI is InChI=1S/C12H18O3S/c1-3-4-7-11(12(13)14-2)16-9-10-6-5-8-15-10/h5-6,8,11H,3-4,7,9H2,1-2H3. The van der Waals surface area contributed by atoms with Crippen molar-refractivity contribution in [3.63, 3.8) is 0 Å². The number of rotatable bonds is 7. The second-order valence-electron chi connectivity index (χ2n) is 3.54. The molecule has 0 bridgehead atoms. The van der Waals surface area contributed by atoms with Gasteiger partial charge in [0.2, 0.25) is 0 Å². The van der Waals surface area contributed by atoms with Crippen LogP contribution in [0, 0.1) is 0 Å². The summed E-state index contributed by atoms with van der Waals surface area (Å²) in [4.78, 5) is 11.5. The summed E-state index contributed by atoms with van der Waals surface area (Å²) in [6.07, 6.45) is 4.66. The number of unbranched alkanes of at least 4 members (excludes halogenated alkanes) is 1. The van der Waals surface area contributed by atoms with Gasteiger partial charge in [0.15, 0.2) is 0 Å². The van der Waals surface area contributed by atoms with Gasteiger partial charge in [-0.15, -0.1) is 11.8 Å². The molecule has 1 heterocycles. The van der Waals surface area contributed by atoms with Crippen molar-refractivity contribution in [3.8, 4) is 0 Å². The number of ether oxygens (including phenoxy) is 1. The molecule has 16 heavy (non-hydrogen) atoms. The van der Waals surface area contributed by atoms with Crippen LogP contribution < -0.4 is 0 Å². The molecule has 0 radical (unpaired) electrons. The molecule has 1 unspecified atom stereocenters. The molecule has 0 N–H and O–H groups in total. The lowest BCUT2D eigenvalue weighted by molar-refractivity contribution is -0.140. The molecule has 4 heteroatoms. The number of hydrogen-bond donors (Lipinski definition) is 0. The van der Waals surface area contributed by atoms with Gasteiger partial charge < -0.3 is 9.15 Å². The fourth-order valence-electron chi connectivity index (χ4n) is 1.37. The van der Waals surface area contributed by atoms with Crippen LogP contribution in [0.3, 0.4) is 0 Å². The molecule has 0 saturated carbocycles. The van der Waals surface area contributed by atoms with E-state index in [1.807, 2.05) is 12.1 Å². The van der Waals surface area contributed by atoms with Crippen LogP contribution in [0.4, 0.5) is 0 Å². The van der Waals surface area contributed by atoms with Crippen molar-refractivity contribution >= 4 is 17.7 Å². The zero-order valence-electron chi connectivity index (χ0n) is 9.77. The van der Waals surface area contributed by atoms with Crippen LogP contribution in [0.5, 0.6) is 0 Å². The van der Waals surface area contributed by atoms with Crippen molar-refractivity contribution in [1.29, 1.82) is 0 Å². The Morgan fingerprint density at radius 2 is 2.44 bits per heavy atom. The highest BCUT2D eigenvalue weighted by Gasteiger charge is 2.19. The van der Waals surface area contributed by atoms with Crippen LogP contribution in [-0.4, -0.2) is 18.3 Å². The Hall–Kier alpha value is -0.900. The van der Waals surface area contributed by atoms with Crippen molar-refractivity contribution in [2.45, 2.75) is 37.2 Å². The lowest BCUT2D eigenvalue weighted by atomic mass is 10.2. The minimum atomic E-state index is -0.134. The summed E-state index contributed by atoms with van der Waals surface area (Å²) in [5, 5.41) is -0.0740. The average molecular weight is 242 g/mol. The van der Waals surface area contributed by atoms with E-state index in [2.05, 4.69) is 6.92 Å². The molecule has 0 aliphatic rings. The first-order chi connectivity index (χ1) is 7.77. The molecule has 0 amide bonds. The quantitative estimate of drug-likeness (QED) is 0.688. The fourth-order valence-corrected chi connectivity index (χ4v) is 2.46. The third-order valence-corrected chi connectivity index (χ3v) is 3.57. The number of carbonyl (C=O) groups excluding carboxylic acids is 1. The van der Waals surface area contributed by atoms with Crippen molar-refractivity contribution in [1.82, 2.24) is 0 Å². The SMILES string of the molecule is CCCCC(SCc1ccco1)C(=O)OC. The van der Waals surface area contributed by atoms with Gasteiger partial charge in [-0.1, -0.05) is 19.8 Å². The maximum atomic E-state index is 11.5. The van der Waals surface area contributed by atoms with Crippen LogP contribution in [0.15, 0.2) is 22.8 Å². The molecular weight excluding hydrogens is 224 g/mol. The van der Waals surface area contributed by atoms with E-state index in [-0.39, 0.29) is 11.2 Å². The Balaban J connectivity index is 2.40. The topological polar surface area (TPSA) is 39.4 Å². The van der Waals surface area contributed by atoms with Crippen LogP contribution in [0.25, 0.3) is 0 Å². The zero-order chi connectivity index (χ0) is 11.8. The number of carbonyl (C=O) groups is 1. The van der Waals surface area contributed by atoms with Crippen molar-refractivity contribution in [2.24, 2.45) is 0 Å². The Kier molecular flexibility index (Phi) is 6.08. The van der Waals surface area contributed by atoms with E-state index < -0.39 is 0 Å². The Morgan fingerprint density at radius 1 is 1.62 bits per heavy atom. The molecule has 90 valence electrons. The molecule has 0 aliphatic heterocycles. The second kappa shape index (κ2) is 7.39. The average Bonchev–Trinajstić information content (AvgIpc) is 2.81. The van der Waals surface area contributed by atoms with Gasteiger partial charge in [-0.2, -0.15) is 0 Å². The zero-order valence-corrected chi connectivity index (χ0v) is 10.6. The minimum absolute atomic E-state index is 0.0740. The molecule has 0 aliphatic carbocycles. The van der Waals surface area contributed by atoms with Gasteiger partial charge in [0.1, 0.15) is 11.0 Å². The normalized spacial score (nSPS) is 12.4. The number of hydrogen-bond acceptors (Lipinski definition) is 4. The predicted octanol–water partition coefficient (Wildman–Crippen LogP) is 3.24. The van der Waals surface area contributed by atoms with E-state index in [1.165, 1.54) is 7.11 Å². The smallest absolute Gasteiger partial charge is 0.318 e. The lowest BCUT2D eigenvalue weighted by Gasteiger charge is -2.12. The molecule has 0 spiro atoms. The lowest BCUT2D eigenvalue weighted by Crippen LogP contribution is -2.18. The van der Waals surface area contributed by atoms with Crippen molar-refractivity contribution in [3.05, 3.63) is 24.2 Å². The number of thioether (sulfide) groups is 1. The number of methoxy groups -OCH3 is 1. The van der Waals surface area contributed by atoms with Gasteiger partial charge >= 0.3 is 5.97 Å². The highest BCUT2D eigenvalue weighted by molar-refractivity contribution is 7.99. The Morgan fingerprint density at radius 3 is 3.00 bits per heavy atom. The van der Waals surface area contributed by atoms with Crippen LogP contribution in [0.1, 0.15) is 31.9 Å². The first-order valence-electron chi connectivity index (χ1n) is 5.49. The maximum Gasteiger partial charge on any atom is 0.318 e. The summed E-state index contributed by atoms with van der Waals surface area (Å²) in [5.74, 6) is 1.48. The Labute approximate surface area is 101 Å². The summed E-state index contributed by atoms with van der Waals surface area (Å²) in [6.45, 7) is 2.12. The third kappa shape index (κ3) is 4.31. The monoisotopic (exact) mass is 242 g/mol. The summed E-state index contributed by atoms with van der Waals surface area (Å²) in [5.41, 5.74) is 0. The summed E-state index contributed by atoms with van der Waals surface area (Å²) in [6, 6.07) is 3.77. The molecule has 1 aromatic rings. The highest BCUT2D eigenvalue weighted by Crippen LogP contribution is 2.23. The first kappa shape index (κ1) is 13.2. The third-order valence-electron chi connectivity index (χ3n) is 2.29. The van der Waals surface area contributed by atoms with E-state index in [4.69, 9.17) is 9.15 Å². The summed E-state index contributed by atoms with van der Waals surface area (Å²) < 4.78 is 10.0. The highest BCUT2D eigenvalue weighted by atomic mass is 32.2. The Bertz CT molecular complexity index is 295. The van der Waals surface area contributed by atoms with Crippen LogP contribution in [0.2, 0.25) is 0 Å². The van der Waals surface area contributed by atoms with Crippen LogP contribution >= 0.6 is 11.8 Å². The first-order valence-corrected chi connectivity index (χ1v) is 6.54. The van der Waals surface area contributed by atoms with Crippen LogP contribution in [-0.2, 0) is 15.3 Å².